The standard InChI is InChI=1S/C21H19N3O4/c1-14-23-16(13-27-14)21(26)24-12-19(28-18-10-6-5-9-17(18)24)20(25)22-11-15-7-3-2-4-8-15/h2-10,13,19H,11-12H2,1H3,(H,22,25). The summed E-state index contributed by atoms with van der Waals surface area (Å²) in [5.41, 5.74) is 1.77. The molecular weight excluding hydrogens is 358 g/mol. The van der Waals surface area contributed by atoms with Crippen LogP contribution in [0.25, 0.3) is 0 Å². The highest BCUT2D eigenvalue weighted by Gasteiger charge is 2.35. The molecule has 2 amide bonds. The highest BCUT2D eigenvalue weighted by atomic mass is 16.5. The van der Waals surface area contributed by atoms with Crippen molar-refractivity contribution in [3.05, 3.63) is 78.0 Å². The van der Waals surface area contributed by atoms with Gasteiger partial charge in [-0.15, -0.1) is 0 Å². The van der Waals surface area contributed by atoms with E-state index in [1.807, 2.05) is 36.4 Å². The Labute approximate surface area is 161 Å². The second-order valence-electron chi connectivity index (χ2n) is 6.45. The first kappa shape index (κ1) is 17.8. The minimum absolute atomic E-state index is 0.0857. The van der Waals surface area contributed by atoms with Crippen LogP contribution in [-0.4, -0.2) is 29.4 Å². The topological polar surface area (TPSA) is 84.7 Å². The number of para-hydroxylation sites is 2. The van der Waals surface area contributed by atoms with Gasteiger partial charge in [-0.05, 0) is 17.7 Å². The summed E-state index contributed by atoms with van der Waals surface area (Å²) in [7, 11) is 0. The van der Waals surface area contributed by atoms with E-state index in [9.17, 15) is 9.59 Å². The number of nitrogens with one attached hydrogen (secondary N) is 1. The molecule has 0 fully saturated rings. The van der Waals surface area contributed by atoms with Gasteiger partial charge in [0.25, 0.3) is 11.8 Å². The Morgan fingerprint density at radius 3 is 2.64 bits per heavy atom. The van der Waals surface area contributed by atoms with Crippen LogP contribution in [0.2, 0.25) is 0 Å². The zero-order valence-corrected chi connectivity index (χ0v) is 15.3. The van der Waals surface area contributed by atoms with Crippen LogP contribution in [0.15, 0.2) is 65.3 Å². The molecule has 1 aliphatic heterocycles. The molecule has 0 radical (unpaired) electrons. The van der Waals surface area contributed by atoms with Crippen LogP contribution >= 0.6 is 0 Å². The molecule has 1 unspecified atom stereocenters. The van der Waals surface area contributed by atoms with Crippen LogP contribution in [0.1, 0.15) is 21.9 Å². The second-order valence-corrected chi connectivity index (χ2v) is 6.45. The first-order chi connectivity index (χ1) is 13.6. The molecule has 1 aromatic heterocycles. The van der Waals surface area contributed by atoms with Gasteiger partial charge >= 0.3 is 0 Å². The highest BCUT2D eigenvalue weighted by molar-refractivity contribution is 6.06. The molecule has 142 valence electrons. The smallest absolute Gasteiger partial charge is 0.280 e. The average molecular weight is 377 g/mol. The number of oxazole rings is 1. The SMILES string of the molecule is Cc1nc(C(=O)N2CC(C(=O)NCc3ccccc3)Oc3ccccc32)co1. The first-order valence-electron chi connectivity index (χ1n) is 8.93. The lowest BCUT2D eigenvalue weighted by atomic mass is 10.1. The van der Waals surface area contributed by atoms with Gasteiger partial charge in [0, 0.05) is 13.5 Å². The number of amides is 2. The zero-order chi connectivity index (χ0) is 19.5. The molecule has 0 saturated heterocycles. The molecule has 7 heteroatoms. The molecule has 2 aromatic carbocycles. The van der Waals surface area contributed by atoms with Crippen molar-refractivity contribution >= 4 is 17.5 Å². The van der Waals surface area contributed by atoms with Crippen molar-refractivity contribution in [2.75, 3.05) is 11.4 Å². The molecule has 4 rings (SSSR count). The van der Waals surface area contributed by atoms with Gasteiger partial charge in [0.2, 0.25) is 0 Å². The number of hydrogen-bond donors (Lipinski definition) is 1. The third-order valence-electron chi connectivity index (χ3n) is 4.46. The van der Waals surface area contributed by atoms with Crippen LogP contribution in [0.4, 0.5) is 5.69 Å². The molecule has 1 N–H and O–H groups in total. The van der Waals surface area contributed by atoms with E-state index in [0.29, 0.717) is 23.9 Å². The highest BCUT2D eigenvalue weighted by Crippen LogP contribution is 2.34. The van der Waals surface area contributed by atoms with E-state index in [2.05, 4.69) is 10.3 Å². The summed E-state index contributed by atoms with van der Waals surface area (Å²) in [4.78, 5) is 31.2. The van der Waals surface area contributed by atoms with E-state index in [-0.39, 0.29) is 24.1 Å². The largest absolute Gasteiger partial charge is 0.477 e. The number of ether oxygens (including phenoxy) is 1. The molecule has 0 saturated carbocycles. The number of carbonyl (C=O) groups excluding carboxylic acids is 2. The summed E-state index contributed by atoms with van der Waals surface area (Å²) in [6.45, 7) is 2.14. The maximum absolute atomic E-state index is 12.9. The fourth-order valence-corrected chi connectivity index (χ4v) is 3.06. The average Bonchev–Trinajstić information content (AvgIpc) is 3.17. The van der Waals surface area contributed by atoms with E-state index >= 15 is 0 Å². The Hall–Kier alpha value is -3.61. The lowest BCUT2D eigenvalue weighted by Crippen LogP contribution is -2.50. The van der Waals surface area contributed by atoms with Crippen molar-refractivity contribution in [3.8, 4) is 5.75 Å². The predicted molar refractivity (Wildman–Crippen MR) is 102 cm³/mol. The number of anilines is 1. The molecule has 2 heterocycles. The van der Waals surface area contributed by atoms with Crippen molar-refractivity contribution < 1.29 is 18.7 Å². The molecule has 1 aliphatic rings. The second kappa shape index (κ2) is 7.56. The van der Waals surface area contributed by atoms with E-state index in [1.54, 1.807) is 25.1 Å². The van der Waals surface area contributed by atoms with Gasteiger partial charge in [-0.2, -0.15) is 0 Å². The zero-order valence-electron chi connectivity index (χ0n) is 15.3. The Morgan fingerprint density at radius 1 is 1.14 bits per heavy atom. The summed E-state index contributed by atoms with van der Waals surface area (Å²) in [5, 5.41) is 2.87. The van der Waals surface area contributed by atoms with Crippen molar-refractivity contribution in [1.82, 2.24) is 10.3 Å². The fraction of sp³-hybridized carbons (Fsp3) is 0.190. The summed E-state index contributed by atoms with van der Waals surface area (Å²) in [6, 6.07) is 16.7. The quantitative estimate of drug-likeness (QED) is 0.756. The molecule has 7 nitrogen and oxygen atoms in total. The van der Waals surface area contributed by atoms with E-state index in [1.165, 1.54) is 11.2 Å². The number of carbonyl (C=O) groups is 2. The molecule has 1 atom stereocenters. The summed E-state index contributed by atoms with van der Waals surface area (Å²) in [5.74, 6) is 0.255. The molecule has 3 aromatic rings. The maximum Gasteiger partial charge on any atom is 0.280 e. The van der Waals surface area contributed by atoms with Crippen LogP contribution in [0, 0.1) is 6.92 Å². The van der Waals surface area contributed by atoms with Crippen LogP contribution in [0.3, 0.4) is 0 Å². The number of hydrogen-bond acceptors (Lipinski definition) is 5. The van der Waals surface area contributed by atoms with Crippen LogP contribution in [0.5, 0.6) is 5.75 Å². The number of benzene rings is 2. The number of nitrogens with zero attached hydrogens (tertiary/aromatic N) is 2. The minimum atomic E-state index is -0.824. The van der Waals surface area contributed by atoms with Crippen LogP contribution in [-0.2, 0) is 11.3 Å². The first-order valence-corrected chi connectivity index (χ1v) is 8.93. The fourth-order valence-electron chi connectivity index (χ4n) is 3.06. The van der Waals surface area contributed by atoms with Crippen molar-refractivity contribution in [2.45, 2.75) is 19.6 Å². The van der Waals surface area contributed by atoms with Gasteiger partial charge in [0.1, 0.15) is 12.0 Å². The monoisotopic (exact) mass is 377 g/mol. The van der Waals surface area contributed by atoms with Crippen molar-refractivity contribution in [2.24, 2.45) is 0 Å². The van der Waals surface area contributed by atoms with Gasteiger partial charge in [-0.3, -0.25) is 14.5 Å². The molecular formula is C21H19N3O4. The van der Waals surface area contributed by atoms with Crippen molar-refractivity contribution in [3.63, 3.8) is 0 Å². The Morgan fingerprint density at radius 2 is 1.89 bits per heavy atom. The Balaban J connectivity index is 1.54. The molecule has 0 bridgehead atoms. The summed E-state index contributed by atoms with van der Waals surface area (Å²) < 4.78 is 11.0. The molecule has 28 heavy (non-hydrogen) atoms. The predicted octanol–water partition coefficient (Wildman–Crippen LogP) is 2.71. The van der Waals surface area contributed by atoms with Crippen LogP contribution < -0.4 is 15.0 Å². The lowest BCUT2D eigenvalue weighted by Gasteiger charge is -2.33. The summed E-state index contributed by atoms with van der Waals surface area (Å²) >= 11 is 0. The summed E-state index contributed by atoms with van der Waals surface area (Å²) in [6.07, 6.45) is 0.496. The maximum atomic E-state index is 12.9. The normalized spacial score (nSPS) is 15.5. The Bertz CT molecular complexity index is 1000. The number of aromatic nitrogens is 1. The van der Waals surface area contributed by atoms with E-state index < -0.39 is 6.10 Å². The third kappa shape index (κ3) is 3.59. The number of fused-ring (bicyclic) bond motifs is 1. The molecule has 0 spiro atoms. The number of aryl methyl sites for hydroxylation is 1. The lowest BCUT2D eigenvalue weighted by molar-refractivity contribution is -0.127. The minimum Gasteiger partial charge on any atom is -0.477 e. The number of rotatable bonds is 4. The third-order valence-corrected chi connectivity index (χ3v) is 4.46. The van der Waals surface area contributed by atoms with Gasteiger partial charge in [-0.1, -0.05) is 42.5 Å². The van der Waals surface area contributed by atoms with Gasteiger partial charge < -0.3 is 14.5 Å². The van der Waals surface area contributed by atoms with E-state index in [4.69, 9.17) is 9.15 Å². The van der Waals surface area contributed by atoms with Gasteiger partial charge in [-0.25, -0.2) is 4.98 Å². The van der Waals surface area contributed by atoms with Gasteiger partial charge in [0.15, 0.2) is 17.7 Å². The molecule has 0 aliphatic carbocycles. The van der Waals surface area contributed by atoms with Crippen molar-refractivity contribution in [1.29, 1.82) is 0 Å². The Kier molecular flexibility index (Phi) is 4.80. The van der Waals surface area contributed by atoms with Gasteiger partial charge in [0.05, 0.1) is 12.2 Å². The van der Waals surface area contributed by atoms with E-state index in [0.717, 1.165) is 5.56 Å².